The Hall–Kier alpha value is -4.60. The summed E-state index contributed by atoms with van der Waals surface area (Å²) < 4.78 is 0. The Bertz CT molecular complexity index is 1510. The van der Waals surface area contributed by atoms with Gasteiger partial charge in [-0.2, -0.15) is 5.21 Å². The van der Waals surface area contributed by atoms with Gasteiger partial charge in [-0.1, -0.05) is 66.6 Å². The van der Waals surface area contributed by atoms with Crippen LogP contribution in [0.5, 0.6) is 0 Å². The van der Waals surface area contributed by atoms with Gasteiger partial charge >= 0.3 is 0 Å². The maximum atomic E-state index is 14.0. The molecule has 1 saturated carbocycles. The highest BCUT2D eigenvalue weighted by Crippen LogP contribution is 2.40. The van der Waals surface area contributed by atoms with Gasteiger partial charge in [0.1, 0.15) is 17.5 Å². The Kier molecular flexibility index (Phi) is 7.71. The van der Waals surface area contributed by atoms with Crippen LogP contribution in [-0.2, 0) is 29.0 Å². The molecule has 41 heavy (non-hydrogen) atoms. The summed E-state index contributed by atoms with van der Waals surface area (Å²) in [5, 5.41) is 16.5. The summed E-state index contributed by atoms with van der Waals surface area (Å²) in [6.07, 6.45) is 5.72. The first-order valence-electron chi connectivity index (χ1n) is 14.2. The van der Waals surface area contributed by atoms with E-state index in [1.807, 2.05) is 60.7 Å². The minimum atomic E-state index is -0.711. The van der Waals surface area contributed by atoms with E-state index in [1.165, 1.54) is 0 Å². The molecule has 3 heterocycles. The van der Waals surface area contributed by atoms with E-state index in [2.05, 4.69) is 30.9 Å². The van der Waals surface area contributed by atoms with Crippen LogP contribution in [0.2, 0.25) is 0 Å². The number of hydrogen-bond acceptors (Lipinski definition) is 6. The first-order valence-corrected chi connectivity index (χ1v) is 14.2. The molecule has 2 aromatic carbocycles. The molecule has 3 N–H and O–H groups in total. The van der Waals surface area contributed by atoms with Crippen LogP contribution in [0.25, 0.3) is 0 Å². The molecule has 0 saturated heterocycles. The minimum Gasteiger partial charge on any atom is -0.354 e. The van der Waals surface area contributed by atoms with Crippen molar-refractivity contribution in [2.24, 2.45) is 5.92 Å². The van der Waals surface area contributed by atoms with Crippen LogP contribution in [0, 0.1) is 5.92 Å². The second kappa shape index (κ2) is 11.9. The largest absolute Gasteiger partial charge is 0.354 e. The Morgan fingerprint density at radius 2 is 1.76 bits per heavy atom. The number of nitrogens with zero attached hydrogens (tertiary/aromatic N) is 4. The average Bonchev–Trinajstić information content (AvgIpc) is 3.81. The highest BCUT2D eigenvalue weighted by Gasteiger charge is 2.39. The lowest BCUT2D eigenvalue weighted by Gasteiger charge is -2.25. The SMILES string of the molecule is O=C(Cc1ccccc1)C[C@H](c1ccc(C(=O)N2c3ccccc3C[C@H]2C(=O)NCc2nn[nH]n2)[nH]1)C1CCCC1. The van der Waals surface area contributed by atoms with Crippen molar-refractivity contribution in [1.82, 2.24) is 30.9 Å². The third kappa shape index (κ3) is 5.82. The van der Waals surface area contributed by atoms with E-state index in [9.17, 15) is 14.4 Å². The number of para-hydroxylation sites is 1. The van der Waals surface area contributed by atoms with Crippen LogP contribution < -0.4 is 10.2 Å². The van der Waals surface area contributed by atoms with E-state index < -0.39 is 6.04 Å². The van der Waals surface area contributed by atoms with Crippen LogP contribution >= 0.6 is 0 Å². The first kappa shape index (κ1) is 26.6. The number of ketones is 1. The van der Waals surface area contributed by atoms with Gasteiger partial charge in [0, 0.05) is 36.6 Å². The van der Waals surface area contributed by atoms with Gasteiger partial charge in [-0.25, -0.2) is 0 Å². The molecule has 2 amide bonds. The van der Waals surface area contributed by atoms with Gasteiger partial charge in [0.05, 0.1) is 6.54 Å². The molecular formula is C31H33N7O3. The van der Waals surface area contributed by atoms with Crippen molar-refractivity contribution in [2.45, 2.75) is 63.5 Å². The smallest absolute Gasteiger partial charge is 0.275 e. The molecule has 10 nitrogen and oxygen atoms in total. The van der Waals surface area contributed by atoms with Crippen molar-refractivity contribution in [1.29, 1.82) is 0 Å². The third-order valence-electron chi connectivity index (χ3n) is 8.31. The number of aromatic amines is 2. The maximum absolute atomic E-state index is 14.0. The highest BCUT2D eigenvalue weighted by atomic mass is 16.2. The van der Waals surface area contributed by atoms with E-state index in [0.717, 1.165) is 48.2 Å². The van der Waals surface area contributed by atoms with Crippen molar-refractivity contribution >= 4 is 23.3 Å². The molecule has 2 aliphatic rings. The molecule has 1 fully saturated rings. The molecule has 0 spiro atoms. The number of carbonyl (C=O) groups excluding carboxylic acids is 3. The molecule has 10 heteroatoms. The lowest BCUT2D eigenvalue weighted by atomic mass is 9.83. The van der Waals surface area contributed by atoms with E-state index >= 15 is 0 Å². The summed E-state index contributed by atoms with van der Waals surface area (Å²) in [4.78, 5) is 45.4. The van der Waals surface area contributed by atoms with Crippen LogP contribution in [0.4, 0.5) is 5.69 Å². The fourth-order valence-corrected chi connectivity index (χ4v) is 6.30. The standard InChI is InChI=1S/C31H33N7O3/c39-23(16-20-8-2-1-3-9-20)18-24(21-10-4-5-11-21)25-14-15-26(33-25)31(41)38-27-13-7-6-12-22(27)17-28(38)30(40)32-19-29-34-36-37-35-29/h1-3,6-9,12-15,21,24,28,33H,4-5,10-11,16-19H2,(H,32,40)(H,34,35,36,37)/t24-,28-/m0/s1. The summed E-state index contributed by atoms with van der Waals surface area (Å²) in [5.41, 5.74) is 3.99. The lowest BCUT2D eigenvalue weighted by Crippen LogP contribution is -2.48. The molecule has 2 atom stereocenters. The Morgan fingerprint density at radius 3 is 2.54 bits per heavy atom. The zero-order chi connectivity index (χ0) is 28.2. The third-order valence-corrected chi connectivity index (χ3v) is 8.31. The van der Waals surface area contributed by atoms with Crippen molar-refractivity contribution < 1.29 is 14.4 Å². The Morgan fingerprint density at radius 1 is 0.976 bits per heavy atom. The Labute approximate surface area is 237 Å². The second-order valence-electron chi connectivity index (χ2n) is 11.0. The summed E-state index contributed by atoms with van der Waals surface area (Å²) in [6.45, 7) is 0.108. The quantitative estimate of drug-likeness (QED) is 0.274. The van der Waals surface area contributed by atoms with E-state index in [-0.39, 0.29) is 30.1 Å². The summed E-state index contributed by atoms with van der Waals surface area (Å²) in [7, 11) is 0. The number of fused-ring (bicyclic) bond motifs is 1. The minimum absolute atomic E-state index is 0.0233. The molecule has 210 valence electrons. The molecule has 1 aliphatic heterocycles. The van der Waals surface area contributed by atoms with Crippen LogP contribution in [-0.4, -0.2) is 49.2 Å². The number of rotatable bonds is 10. The normalized spacial score (nSPS) is 17.4. The molecule has 0 unspecified atom stereocenters. The van der Waals surface area contributed by atoms with Crippen molar-refractivity contribution in [3.63, 3.8) is 0 Å². The van der Waals surface area contributed by atoms with Gasteiger partial charge in [-0.05, 0) is 48.1 Å². The first-order chi connectivity index (χ1) is 20.1. The Balaban J connectivity index is 1.22. The number of Topliss-reactive ketones (excluding diaryl/α,β-unsaturated/α-hetero) is 1. The van der Waals surface area contributed by atoms with Gasteiger partial charge in [-0.3, -0.25) is 19.3 Å². The fourth-order valence-electron chi connectivity index (χ4n) is 6.30. The molecule has 2 aromatic heterocycles. The highest BCUT2D eigenvalue weighted by molar-refractivity contribution is 6.10. The molecule has 0 bridgehead atoms. The second-order valence-corrected chi connectivity index (χ2v) is 11.0. The number of amides is 2. The zero-order valence-electron chi connectivity index (χ0n) is 22.8. The number of H-pyrrole nitrogens is 2. The topological polar surface area (TPSA) is 137 Å². The zero-order valence-corrected chi connectivity index (χ0v) is 22.8. The number of carbonyl (C=O) groups is 3. The average molecular weight is 552 g/mol. The number of hydrogen-bond donors (Lipinski definition) is 3. The fraction of sp³-hybridized carbons (Fsp3) is 0.355. The van der Waals surface area contributed by atoms with Gasteiger partial charge in [-0.15, -0.1) is 10.2 Å². The maximum Gasteiger partial charge on any atom is 0.275 e. The van der Waals surface area contributed by atoms with Crippen LogP contribution in [0.15, 0.2) is 66.7 Å². The van der Waals surface area contributed by atoms with Gasteiger partial charge in [0.2, 0.25) is 5.91 Å². The van der Waals surface area contributed by atoms with E-state index in [4.69, 9.17) is 0 Å². The molecule has 1 aliphatic carbocycles. The van der Waals surface area contributed by atoms with Gasteiger partial charge in [0.15, 0.2) is 5.82 Å². The molecular weight excluding hydrogens is 518 g/mol. The van der Waals surface area contributed by atoms with Crippen LogP contribution in [0.3, 0.4) is 0 Å². The number of anilines is 1. The summed E-state index contributed by atoms with van der Waals surface area (Å²) in [6, 6.07) is 20.4. The molecule has 4 aromatic rings. The predicted octanol–water partition coefficient (Wildman–Crippen LogP) is 3.89. The van der Waals surface area contributed by atoms with Crippen molar-refractivity contribution in [3.05, 3.63) is 95.1 Å². The van der Waals surface area contributed by atoms with Crippen LogP contribution in [0.1, 0.15) is 71.2 Å². The lowest BCUT2D eigenvalue weighted by molar-refractivity contribution is -0.122. The number of tetrazole rings is 1. The predicted molar refractivity (Wildman–Crippen MR) is 152 cm³/mol. The van der Waals surface area contributed by atoms with Gasteiger partial charge < -0.3 is 10.3 Å². The van der Waals surface area contributed by atoms with E-state index in [0.29, 0.717) is 36.7 Å². The van der Waals surface area contributed by atoms with Gasteiger partial charge in [0.25, 0.3) is 5.91 Å². The summed E-state index contributed by atoms with van der Waals surface area (Å²) >= 11 is 0. The summed E-state index contributed by atoms with van der Waals surface area (Å²) in [5.74, 6) is 0.411. The number of benzene rings is 2. The molecule has 0 radical (unpaired) electrons. The van der Waals surface area contributed by atoms with Crippen molar-refractivity contribution in [3.8, 4) is 0 Å². The molecule has 6 rings (SSSR count). The van der Waals surface area contributed by atoms with Crippen molar-refractivity contribution in [2.75, 3.05) is 4.90 Å². The number of nitrogens with one attached hydrogen (secondary N) is 3. The monoisotopic (exact) mass is 551 g/mol. The number of aromatic nitrogens is 5. The van der Waals surface area contributed by atoms with E-state index in [1.54, 1.807) is 11.0 Å².